The molecule has 0 saturated heterocycles. The number of amides is 1. The fraction of sp³-hybridized carbons (Fsp3) is 0.438. The van der Waals surface area contributed by atoms with Crippen molar-refractivity contribution in [2.24, 2.45) is 0 Å². The Bertz CT molecular complexity index is 575. The molecule has 0 fully saturated rings. The lowest BCUT2D eigenvalue weighted by atomic mass is 10.0. The van der Waals surface area contributed by atoms with E-state index in [1.54, 1.807) is 30.9 Å². The molecule has 1 N–H and O–H groups in total. The number of hydrogen-bond donors (Lipinski definition) is 1. The fourth-order valence-electron chi connectivity index (χ4n) is 2.27. The number of benzene rings is 1. The van der Waals surface area contributed by atoms with Crippen molar-refractivity contribution in [2.45, 2.75) is 26.4 Å². The number of fused-ring (bicyclic) bond motifs is 1. The lowest BCUT2D eigenvalue weighted by Gasteiger charge is -2.29. The molecule has 1 aliphatic rings. The highest BCUT2D eigenvalue weighted by Gasteiger charge is 2.25. The van der Waals surface area contributed by atoms with E-state index in [0.717, 1.165) is 0 Å². The number of carbonyl (C=O) groups excluding carboxylic acids is 1. The van der Waals surface area contributed by atoms with E-state index in [1.807, 2.05) is 6.92 Å². The topological polar surface area (TPSA) is 49.8 Å². The summed E-state index contributed by atoms with van der Waals surface area (Å²) in [5.41, 5.74) is 0.0503. The molecule has 2 rings (SSSR count). The number of hydrogen-bond acceptors (Lipinski definition) is 3. The number of ether oxygens (including phenoxy) is 1. The molecule has 0 bridgehead atoms. The summed E-state index contributed by atoms with van der Waals surface area (Å²) in [5.74, 6) is -0.000777. The van der Waals surface area contributed by atoms with Crippen LogP contribution in [0, 0.1) is 5.82 Å². The molecule has 0 unspecified atom stereocenters. The molecule has 0 saturated carbocycles. The summed E-state index contributed by atoms with van der Waals surface area (Å²) in [6.07, 6.45) is 1.65. The standard InChI is InChI=1S/C16H20FNO3/c1-4-18(10-16(2,3)20)15(19)12-7-11-8-13(17)5-6-14(11)21-9-12/h5-8,20H,4,9-10H2,1-3H3. The van der Waals surface area contributed by atoms with E-state index in [-0.39, 0.29) is 24.9 Å². The zero-order valence-corrected chi connectivity index (χ0v) is 12.5. The predicted octanol–water partition coefficient (Wildman–Crippen LogP) is 2.22. The Morgan fingerprint density at radius 3 is 2.81 bits per heavy atom. The highest BCUT2D eigenvalue weighted by molar-refractivity contribution is 5.99. The highest BCUT2D eigenvalue weighted by Crippen LogP contribution is 2.27. The van der Waals surface area contributed by atoms with Crippen LogP contribution in [0.25, 0.3) is 6.08 Å². The van der Waals surface area contributed by atoms with Gasteiger partial charge >= 0.3 is 0 Å². The third kappa shape index (κ3) is 3.82. The second-order valence-electron chi connectivity index (χ2n) is 5.77. The third-order valence-corrected chi connectivity index (χ3v) is 3.21. The van der Waals surface area contributed by atoms with E-state index in [1.165, 1.54) is 12.1 Å². The molecule has 1 aliphatic heterocycles. The van der Waals surface area contributed by atoms with Gasteiger partial charge in [-0.3, -0.25) is 4.79 Å². The molecule has 21 heavy (non-hydrogen) atoms. The van der Waals surface area contributed by atoms with E-state index in [0.29, 0.717) is 23.4 Å². The summed E-state index contributed by atoms with van der Waals surface area (Å²) in [6.45, 7) is 6.02. The van der Waals surface area contributed by atoms with E-state index < -0.39 is 5.60 Å². The van der Waals surface area contributed by atoms with Crippen molar-refractivity contribution < 1.29 is 19.0 Å². The van der Waals surface area contributed by atoms with Crippen LogP contribution in [-0.4, -0.2) is 41.2 Å². The number of aliphatic hydroxyl groups is 1. The van der Waals surface area contributed by atoms with Gasteiger partial charge in [0.05, 0.1) is 11.2 Å². The monoisotopic (exact) mass is 293 g/mol. The first-order valence-corrected chi connectivity index (χ1v) is 6.95. The average Bonchev–Trinajstić information content (AvgIpc) is 2.42. The number of carbonyl (C=O) groups is 1. The predicted molar refractivity (Wildman–Crippen MR) is 78.4 cm³/mol. The van der Waals surface area contributed by atoms with Crippen LogP contribution in [0.3, 0.4) is 0 Å². The van der Waals surface area contributed by atoms with Crippen molar-refractivity contribution in [2.75, 3.05) is 19.7 Å². The number of nitrogens with zero attached hydrogens (tertiary/aromatic N) is 1. The summed E-state index contributed by atoms with van der Waals surface area (Å²) >= 11 is 0. The third-order valence-electron chi connectivity index (χ3n) is 3.21. The van der Waals surface area contributed by atoms with Gasteiger partial charge in [-0.2, -0.15) is 0 Å². The molecular weight excluding hydrogens is 273 g/mol. The Morgan fingerprint density at radius 2 is 2.19 bits per heavy atom. The van der Waals surface area contributed by atoms with E-state index >= 15 is 0 Å². The highest BCUT2D eigenvalue weighted by atomic mass is 19.1. The van der Waals surface area contributed by atoms with Crippen LogP contribution >= 0.6 is 0 Å². The normalized spacial score (nSPS) is 14.0. The Balaban J connectivity index is 2.23. The zero-order chi connectivity index (χ0) is 15.6. The first-order valence-electron chi connectivity index (χ1n) is 6.95. The Hall–Kier alpha value is -1.88. The van der Waals surface area contributed by atoms with Crippen molar-refractivity contribution >= 4 is 12.0 Å². The minimum atomic E-state index is -0.966. The second kappa shape index (κ2) is 5.85. The van der Waals surface area contributed by atoms with Crippen molar-refractivity contribution in [3.8, 4) is 5.75 Å². The van der Waals surface area contributed by atoms with Gasteiger partial charge in [0.15, 0.2) is 0 Å². The molecule has 1 amide bonds. The average molecular weight is 293 g/mol. The van der Waals surface area contributed by atoms with Crippen molar-refractivity contribution in [3.05, 3.63) is 35.2 Å². The van der Waals surface area contributed by atoms with Crippen LogP contribution in [-0.2, 0) is 4.79 Å². The van der Waals surface area contributed by atoms with Gasteiger partial charge in [-0.1, -0.05) is 0 Å². The molecule has 0 radical (unpaired) electrons. The summed E-state index contributed by atoms with van der Waals surface area (Å²) < 4.78 is 18.7. The molecule has 1 aromatic rings. The molecule has 0 aromatic heterocycles. The molecule has 0 atom stereocenters. The van der Waals surface area contributed by atoms with Crippen molar-refractivity contribution in [1.29, 1.82) is 0 Å². The first kappa shape index (κ1) is 15.5. The molecule has 1 heterocycles. The zero-order valence-electron chi connectivity index (χ0n) is 12.5. The molecule has 4 nitrogen and oxygen atoms in total. The van der Waals surface area contributed by atoms with Crippen LogP contribution in [0.1, 0.15) is 26.3 Å². The van der Waals surface area contributed by atoms with Gasteiger partial charge in [-0.05, 0) is 45.0 Å². The largest absolute Gasteiger partial charge is 0.488 e. The van der Waals surface area contributed by atoms with E-state index in [9.17, 15) is 14.3 Å². The van der Waals surface area contributed by atoms with Gasteiger partial charge in [0.2, 0.25) is 0 Å². The van der Waals surface area contributed by atoms with Crippen LogP contribution < -0.4 is 4.74 Å². The molecule has 1 aromatic carbocycles. The van der Waals surface area contributed by atoms with Gasteiger partial charge in [0.25, 0.3) is 5.91 Å². The fourth-order valence-corrected chi connectivity index (χ4v) is 2.27. The maximum Gasteiger partial charge on any atom is 0.253 e. The summed E-state index contributed by atoms with van der Waals surface area (Å²) in [4.78, 5) is 14.0. The minimum Gasteiger partial charge on any atom is -0.488 e. The van der Waals surface area contributed by atoms with Gasteiger partial charge < -0.3 is 14.7 Å². The second-order valence-corrected chi connectivity index (χ2v) is 5.77. The van der Waals surface area contributed by atoms with Gasteiger partial charge in [0.1, 0.15) is 18.2 Å². The van der Waals surface area contributed by atoms with Crippen LogP contribution in [0.4, 0.5) is 4.39 Å². The van der Waals surface area contributed by atoms with Gasteiger partial charge in [-0.15, -0.1) is 0 Å². The van der Waals surface area contributed by atoms with Crippen molar-refractivity contribution in [3.63, 3.8) is 0 Å². The maximum absolute atomic E-state index is 13.3. The lowest BCUT2D eigenvalue weighted by molar-refractivity contribution is -0.130. The summed E-state index contributed by atoms with van der Waals surface area (Å²) in [6, 6.07) is 4.22. The van der Waals surface area contributed by atoms with Crippen LogP contribution in [0.5, 0.6) is 5.75 Å². The van der Waals surface area contributed by atoms with Gasteiger partial charge in [0, 0.05) is 18.7 Å². The molecule has 0 spiro atoms. The van der Waals surface area contributed by atoms with Crippen molar-refractivity contribution in [1.82, 2.24) is 4.90 Å². The van der Waals surface area contributed by atoms with Crippen LogP contribution in [0.15, 0.2) is 23.8 Å². The molecule has 114 valence electrons. The number of likely N-dealkylation sites (N-methyl/N-ethyl adjacent to an activating group) is 1. The van der Waals surface area contributed by atoms with Gasteiger partial charge in [-0.25, -0.2) is 4.39 Å². The molecule has 5 heteroatoms. The lowest BCUT2D eigenvalue weighted by Crippen LogP contribution is -2.43. The first-order chi connectivity index (χ1) is 9.80. The Labute approximate surface area is 123 Å². The summed E-state index contributed by atoms with van der Waals surface area (Å²) in [5, 5.41) is 9.87. The smallest absolute Gasteiger partial charge is 0.253 e. The minimum absolute atomic E-state index is 0.153. The molecule has 0 aliphatic carbocycles. The number of rotatable bonds is 4. The quantitative estimate of drug-likeness (QED) is 0.926. The SMILES string of the molecule is CCN(CC(C)(C)O)C(=O)C1=Cc2cc(F)ccc2OC1. The van der Waals surface area contributed by atoms with E-state index in [4.69, 9.17) is 4.74 Å². The summed E-state index contributed by atoms with van der Waals surface area (Å²) in [7, 11) is 0. The maximum atomic E-state index is 13.3. The van der Waals surface area contributed by atoms with E-state index in [2.05, 4.69) is 0 Å². The molecular formula is C16H20FNO3. The Kier molecular flexibility index (Phi) is 4.32. The van der Waals surface area contributed by atoms with Crippen LogP contribution in [0.2, 0.25) is 0 Å². The number of halogens is 1. The Morgan fingerprint density at radius 1 is 1.48 bits per heavy atom.